The first kappa shape index (κ1) is 25.0. The summed E-state index contributed by atoms with van der Waals surface area (Å²) < 4.78 is 11.4. The summed E-state index contributed by atoms with van der Waals surface area (Å²) >= 11 is 0. The van der Waals surface area contributed by atoms with E-state index in [1.165, 1.54) is 4.90 Å². The normalized spacial score (nSPS) is 16.8. The van der Waals surface area contributed by atoms with Crippen molar-refractivity contribution < 1.29 is 24.2 Å². The van der Waals surface area contributed by atoms with Crippen LogP contribution in [0.1, 0.15) is 49.4 Å². The van der Waals surface area contributed by atoms with Crippen LogP contribution in [0, 0.1) is 0 Å². The molecule has 4 rings (SSSR count). The van der Waals surface area contributed by atoms with Gasteiger partial charge in [0.05, 0.1) is 24.8 Å². The van der Waals surface area contributed by atoms with E-state index in [4.69, 9.17) is 9.47 Å². The molecule has 1 aromatic heterocycles. The molecule has 1 aliphatic rings. The van der Waals surface area contributed by atoms with E-state index in [-0.39, 0.29) is 17.9 Å². The van der Waals surface area contributed by atoms with Gasteiger partial charge in [0.25, 0.3) is 11.7 Å². The van der Waals surface area contributed by atoms with Crippen molar-refractivity contribution in [1.29, 1.82) is 0 Å². The van der Waals surface area contributed by atoms with Gasteiger partial charge in [-0.2, -0.15) is 0 Å². The van der Waals surface area contributed by atoms with Gasteiger partial charge in [0.1, 0.15) is 17.3 Å². The Labute approximate surface area is 211 Å². The van der Waals surface area contributed by atoms with Crippen molar-refractivity contribution in [2.24, 2.45) is 0 Å². The Morgan fingerprint density at radius 2 is 1.67 bits per heavy atom. The number of benzene rings is 2. The van der Waals surface area contributed by atoms with Crippen LogP contribution in [0.15, 0.2) is 78.6 Å². The van der Waals surface area contributed by atoms with Crippen molar-refractivity contribution in [1.82, 2.24) is 9.88 Å². The molecule has 7 nitrogen and oxygen atoms in total. The highest BCUT2D eigenvalue weighted by molar-refractivity contribution is 6.46. The van der Waals surface area contributed by atoms with Crippen LogP contribution in [0.3, 0.4) is 0 Å². The monoisotopic (exact) mass is 486 g/mol. The van der Waals surface area contributed by atoms with Crippen LogP contribution in [0.5, 0.6) is 11.5 Å². The molecule has 7 heteroatoms. The number of hydrogen-bond acceptors (Lipinski definition) is 6. The van der Waals surface area contributed by atoms with Crippen molar-refractivity contribution in [3.05, 3.63) is 95.3 Å². The van der Waals surface area contributed by atoms with Crippen molar-refractivity contribution in [2.45, 2.75) is 39.3 Å². The second-order valence-corrected chi connectivity index (χ2v) is 8.58. The SMILES string of the molecule is CCCOc1ccc(/C(O)=C2\C(=O)C(=O)N(Cc3cccnc3)C2c2cccc(OCCC)c2)cc1. The summed E-state index contributed by atoms with van der Waals surface area (Å²) in [5.41, 5.74) is 1.93. The second kappa shape index (κ2) is 11.5. The number of hydrogen-bond donors (Lipinski definition) is 1. The molecule has 0 spiro atoms. The predicted molar refractivity (Wildman–Crippen MR) is 137 cm³/mol. The number of carbonyl (C=O) groups excluding carboxylic acids is 2. The van der Waals surface area contributed by atoms with Crippen molar-refractivity contribution in [3.63, 3.8) is 0 Å². The van der Waals surface area contributed by atoms with Crippen LogP contribution in [-0.2, 0) is 16.1 Å². The topological polar surface area (TPSA) is 89.0 Å². The number of rotatable bonds is 10. The Morgan fingerprint density at radius 1 is 0.944 bits per heavy atom. The molecule has 0 bridgehead atoms. The molecule has 1 unspecified atom stereocenters. The van der Waals surface area contributed by atoms with Gasteiger partial charge in [-0.3, -0.25) is 14.6 Å². The number of aliphatic hydroxyl groups is 1. The lowest BCUT2D eigenvalue weighted by atomic mass is 9.95. The fourth-order valence-corrected chi connectivity index (χ4v) is 4.16. The number of nitrogens with zero attached hydrogens (tertiary/aromatic N) is 2. The Balaban J connectivity index is 1.78. The van der Waals surface area contributed by atoms with Gasteiger partial charge in [-0.05, 0) is 66.4 Å². The number of carbonyl (C=O) groups is 2. The molecule has 0 aliphatic carbocycles. The zero-order valence-corrected chi connectivity index (χ0v) is 20.5. The third-order valence-electron chi connectivity index (χ3n) is 5.86. The number of Topliss-reactive ketones (excluding diaryl/α,β-unsaturated/α-hetero) is 1. The number of amides is 1. The lowest BCUT2D eigenvalue weighted by molar-refractivity contribution is -0.140. The van der Waals surface area contributed by atoms with E-state index in [9.17, 15) is 14.7 Å². The Hall–Kier alpha value is -4.13. The van der Waals surface area contributed by atoms with Gasteiger partial charge in [0.2, 0.25) is 0 Å². The molecule has 3 aromatic rings. The Kier molecular flexibility index (Phi) is 8.00. The van der Waals surface area contributed by atoms with Gasteiger partial charge in [0.15, 0.2) is 0 Å². The van der Waals surface area contributed by atoms with Gasteiger partial charge in [0, 0.05) is 24.5 Å². The van der Waals surface area contributed by atoms with E-state index in [1.54, 1.807) is 42.7 Å². The maximum atomic E-state index is 13.3. The van der Waals surface area contributed by atoms with Gasteiger partial charge in [-0.15, -0.1) is 0 Å². The first-order valence-electron chi connectivity index (χ1n) is 12.2. The number of likely N-dealkylation sites (tertiary alicyclic amines) is 1. The molecule has 0 saturated carbocycles. The van der Waals surface area contributed by atoms with Crippen LogP contribution in [0.25, 0.3) is 5.76 Å². The molecular formula is C29H30N2O5. The quantitative estimate of drug-likeness (QED) is 0.238. The highest BCUT2D eigenvalue weighted by Gasteiger charge is 2.46. The molecule has 2 aromatic carbocycles. The zero-order chi connectivity index (χ0) is 25.5. The Bertz CT molecular complexity index is 1240. The second-order valence-electron chi connectivity index (χ2n) is 8.58. The van der Waals surface area contributed by atoms with Gasteiger partial charge >= 0.3 is 0 Å². The number of aromatic nitrogens is 1. The van der Waals surface area contributed by atoms with Crippen LogP contribution in [0.2, 0.25) is 0 Å². The fraction of sp³-hybridized carbons (Fsp3) is 0.276. The zero-order valence-electron chi connectivity index (χ0n) is 20.5. The minimum absolute atomic E-state index is 0.0405. The van der Waals surface area contributed by atoms with E-state index < -0.39 is 17.7 Å². The Morgan fingerprint density at radius 3 is 2.33 bits per heavy atom. The van der Waals surface area contributed by atoms with E-state index in [0.29, 0.717) is 35.8 Å². The average molecular weight is 487 g/mol. The van der Waals surface area contributed by atoms with Crippen molar-refractivity contribution in [3.8, 4) is 11.5 Å². The summed E-state index contributed by atoms with van der Waals surface area (Å²) in [5.74, 6) is -0.323. The summed E-state index contributed by atoms with van der Waals surface area (Å²) in [7, 11) is 0. The first-order chi connectivity index (χ1) is 17.5. The third-order valence-corrected chi connectivity index (χ3v) is 5.86. The van der Waals surface area contributed by atoms with Crippen molar-refractivity contribution in [2.75, 3.05) is 13.2 Å². The highest BCUT2D eigenvalue weighted by atomic mass is 16.5. The molecule has 1 aliphatic heterocycles. The predicted octanol–water partition coefficient (Wildman–Crippen LogP) is 5.28. The molecule has 1 saturated heterocycles. The molecule has 1 N–H and O–H groups in total. The summed E-state index contributed by atoms with van der Waals surface area (Å²) in [6, 6.07) is 17.0. The molecular weight excluding hydrogens is 456 g/mol. The molecule has 1 amide bonds. The molecule has 36 heavy (non-hydrogen) atoms. The molecule has 2 heterocycles. The maximum Gasteiger partial charge on any atom is 0.295 e. The summed E-state index contributed by atoms with van der Waals surface area (Å²) in [4.78, 5) is 32.1. The largest absolute Gasteiger partial charge is 0.507 e. The maximum absolute atomic E-state index is 13.3. The standard InChI is InChI=1S/C29H30N2O5/c1-3-15-35-23-12-10-21(11-13-23)27(32)25-26(22-8-5-9-24(17-22)36-16-4-2)31(29(34)28(25)33)19-20-7-6-14-30-18-20/h5-14,17-18,26,32H,3-4,15-16,19H2,1-2H3/b27-25+. The van der Waals surface area contributed by atoms with E-state index in [1.807, 2.05) is 44.2 Å². The third kappa shape index (κ3) is 5.40. The smallest absolute Gasteiger partial charge is 0.295 e. The van der Waals surface area contributed by atoms with Gasteiger partial charge in [-0.25, -0.2) is 0 Å². The van der Waals surface area contributed by atoms with Crippen LogP contribution >= 0.6 is 0 Å². The minimum atomic E-state index is -0.786. The van der Waals surface area contributed by atoms with Crippen LogP contribution in [-0.4, -0.2) is 39.9 Å². The van der Waals surface area contributed by atoms with Gasteiger partial charge < -0.3 is 19.5 Å². The molecule has 1 atom stereocenters. The lowest BCUT2D eigenvalue weighted by Crippen LogP contribution is -2.29. The van der Waals surface area contributed by atoms with E-state index in [2.05, 4.69) is 4.98 Å². The summed E-state index contributed by atoms with van der Waals surface area (Å²) in [6.45, 7) is 5.34. The summed E-state index contributed by atoms with van der Waals surface area (Å²) in [6.07, 6.45) is 5.04. The first-order valence-corrected chi connectivity index (χ1v) is 12.2. The molecule has 0 radical (unpaired) electrons. The highest BCUT2D eigenvalue weighted by Crippen LogP contribution is 2.41. The number of ether oxygens (including phenoxy) is 2. The fourth-order valence-electron chi connectivity index (χ4n) is 4.16. The van der Waals surface area contributed by atoms with Crippen LogP contribution in [0.4, 0.5) is 0 Å². The van der Waals surface area contributed by atoms with E-state index >= 15 is 0 Å². The summed E-state index contributed by atoms with van der Waals surface area (Å²) in [5, 5.41) is 11.3. The minimum Gasteiger partial charge on any atom is -0.507 e. The number of ketones is 1. The molecule has 186 valence electrons. The lowest BCUT2D eigenvalue weighted by Gasteiger charge is -2.25. The van der Waals surface area contributed by atoms with E-state index in [0.717, 1.165) is 18.4 Å². The van der Waals surface area contributed by atoms with Gasteiger partial charge in [-0.1, -0.05) is 32.0 Å². The van der Waals surface area contributed by atoms with Crippen LogP contribution < -0.4 is 9.47 Å². The van der Waals surface area contributed by atoms with Crippen molar-refractivity contribution >= 4 is 17.4 Å². The average Bonchev–Trinajstić information content (AvgIpc) is 3.16. The number of pyridine rings is 1. The number of aliphatic hydroxyl groups excluding tert-OH is 1. The molecule has 1 fully saturated rings.